The minimum absolute atomic E-state index is 0.448. The van der Waals surface area contributed by atoms with Crippen molar-refractivity contribution in [1.29, 1.82) is 0 Å². The van der Waals surface area contributed by atoms with Gasteiger partial charge in [-0.3, -0.25) is 9.48 Å². The third-order valence-corrected chi connectivity index (χ3v) is 3.49. The van der Waals surface area contributed by atoms with E-state index in [-0.39, 0.29) is 0 Å². The van der Waals surface area contributed by atoms with Crippen LogP contribution in [0.5, 0.6) is 0 Å². The second-order valence-electron chi connectivity index (χ2n) is 5.20. The highest BCUT2D eigenvalue weighted by Gasteiger charge is 2.16. The summed E-state index contributed by atoms with van der Waals surface area (Å²) in [6.45, 7) is 0.674. The third kappa shape index (κ3) is 3.84. The molecule has 0 saturated heterocycles. The molecule has 1 heterocycles. The SMILES string of the molecule is O=C(Nc1ccc(Cn2cccn2)cc1)C(O)c1ccccc1. The first-order chi connectivity index (χ1) is 11.2. The van der Waals surface area contributed by atoms with E-state index in [0.717, 1.165) is 5.56 Å². The average Bonchev–Trinajstić information content (AvgIpc) is 3.10. The minimum Gasteiger partial charge on any atom is -0.378 e. The molecule has 0 saturated carbocycles. The Morgan fingerprint density at radius 3 is 2.48 bits per heavy atom. The normalized spacial score (nSPS) is 11.9. The topological polar surface area (TPSA) is 67.2 Å². The van der Waals surface area contributed by atoms with E-state index < -0.39 is 12.0 Å². The summed E-state index contributed by atoms with van der Waals surface area (Å²) >= 11 is 0. The highest BCUT2D eigenvalue weighted by molar-refractivity contribution is 5.94. The first-order valence-electron chi connectivity index (χ1n) is 7.32. The van der Waals surface area contributed by atoms with Crippen molar-refractivity contribution in [2.24, 2.45) is 0 Å². The number of hydrogen-bond acceptors (Lipinski definition) is 3. The summed E-state index contributed by atoms with van der Waals surface area (Å²) in [4.78, 5) is 12.1. The Morgan fingerprint density at radius 2 is 1.83 bits per heavy atom. The third-order valence-electron chi connectivity index (χ3n) is 3.49. The zero-order valence-corrected chi connectivity index (χ0v) is 12.5. The molecule has 0 aliphatic heterocycles. The van der Waals surface area contributed by atoms with Gasteiger partial charge in [-0.1, -0.05) is 42.5 Å². The molecule has 2 aromatic carbocycles. The van der Waals surface area contributed by atoms with Crippen LogP contribution in [0.4, 0.5) is 5.69 Å². The molecule has 5 heteroatoms. The molecule has 2 N–H and O–H groups in total. The second kappa shape index (κ2) is 6.89. The molecule has 0 bridgehead atoms. The van der Waals surface area contributed by atoms with E-state index in [1.165, 1.54) is 0 Å². The molecule has 1 amide bonds. The van der Waals surface area contributed by atoms with Crippen molar-refractivity contribution in [2.75, 3.05) is 5.32 Å². The lowest BCUT2D eigenvalue weighted by molar-refractivity contribution is -0.124. The van der Waals surface area contributed by atoms with Crippen molar-refractivity contribution >= 4 is 11.6 Å². The number of nitrogens with one attached hydrogen (secondary N) is 1. The molecule has 23 heavy (non-hydrogen) atoms. The van der Waals surface area contributed by atoms with Crippen LogP contribution in [0.25, 0.3) is 0 Å². The fraction of sp³-hybridized carbons (Fsp3) is 0.111. The number of aliphatic hydroxyl groups excluding tert-OH is 1. The van der Waals surface area contributed by atoms with Gasteiger partial charge >= 0.3 is 0 Å². The van der Waals surface area contributed by atoms with Crippen molar-refractivity contribution in [3.63, 3.8) is 0 Å². The molecule has 0 aliphatic rings. The van der Waals surface area contributed by atoms with Gasteiger partial charge in [0.25, 0.3) is 5.91 Å². The molecular weight excluding hydrogens is 290 g/mol. The summed E-state index contributed by atoms with van der Waals surface area (Å²) in [6, 6.07) is 18.2. The van der Waals surface area contributed by atoms with Gasteiger partial charge in [0.15, 0.2) is 6.10 Å². The number of benzene rings is 2. The van der Waals surface area contributed by atoms with Gasteiger partial charge in [0.2, 0.25) is 0 Å². The van der Waals surface area contributed by atoms with Gasteiger partial charge in [-0.2, -0.15) is 5.10 Å². The van der Waals surface area contributed by atoms with Crippen LogP contribution in [0.1, 0.15) is 17.2 Å². The molecule has 0 radical (unpaired) electrons. The van der Waals surface area contributed by atoms with Crippen LogP contribution >= 0.6 is 0 Å². The largest absolute Gasteiger partial charge is 0.378 e. The predicted molar refractivity (Wildman–Crippen MR) is 87.8 cm³/mol. The number of hydrogen-bond donors (Lipinski definition) is 2. The van der Waals surface area contributed by atoms with Crippen LogP contribution in [-0.2, 0) is 11.3 Å². The van der Waals surface area contributed by atoms with E-state index in [1.54, 1.807) is 30.5 Å². The van der Waals surface area contributed by atoms with Crippen LogP contribution in [0, 0.1) is 0 Å². The summed E-state index contributed by atoms with van der Waals surface area (Å²) in [5, 5.41) is 16.9. The smallest absolute Gasteiger partial charge is 0.257 e. The number of aromatic nitrogens is 2. The molecule has 1 atom stereocenters. The predicted octanol–water partition coefficient (Wildman–Crippen LogP) is 2.60. The molecule has 5 nitrogen and oxygen atoms in total. The maximum Gasteiger partial charge on any atom is 0.257 e. The van der Waals surface area contributed by atoms with E-state index in [4.69, 9.17) is 0 Å². The number of anilines is 1. The fourth-order valence-corrected chi connectivity index (χ4v) is 2.27. The van der Waals surface area contributed by atoms with Crippen LogP contribution in [-0.4, -0.2) is 20.8 Å². The van der Waals surface area contributed by atoms with Crippen molar-refractivity contribution in [2.45, 2.75) is 12.6 Å². The van der Waals surface area contributed by atoms with Crippen molar-refractivity contribution < 1.29 is 9.90 Å². The Hall–Kier alpha value is -2.92. The van der Waals surface area contributed by atoms with E-state index in [1.807, 2.05) is 47.3 Å². The van der Waals surface area contributed by atoms with Gasteiger partial charge < -0.3 is 10.4 Å². The summed E-state index contributed by atoms with van der Waals surface area (Å²) in [5.41, 5.74) is 2.30. The number of aliphatic hydroxyl groups is 1. The lowest BCUT2D eigenvalue weighted by Crippen LogP contribution is -2.20. The average molecular weight is 307 g/mol. The van der Waals surface area contributed by atoms with Crippen molar-refractivity contribution in [3.05, 3.63) is 84.2 Å². The molecule has 3 aromatic rings. The van der Waals surface area contributed by atoms with Gasteiger partial charge in [0.1, 0.15) is 0 Å². The Labute approximate surface area is 134 Å². The summed E-state index contributed by atoms with van der Waals surface area (Å²) < 4.78 is 1.83. The minimum atomic E-state index is -1.18. The maximum atomic E-state index is 12.1. The van der Waals surface area contributed by atoms with E-state index in [9.17, 15) is 9.90 Å². The first-order valence-corrected chi connectivity index (χ1v) is 7.32. The first kappa shape index (κ1) is 15.0. The quantitative estimate of drug-likeness (QED) is 0.761. The maximum absolute atomic E-state index is 12.1. The molecular formula is C18H17N3O2. The molecule has 0 aliphatic carbocycles. The zero-order chi connectivity index (χ0) is 16.1. The Kier molecular flexibility index (Phi) is 4.49. The molecule has 3 rings (SSSR count). The lowest BCUT2D eigenvalue weighted by Gasteiger charge is -2.12. The fourth-order valence-electron chi connectivity index (χ4n) is 2.27. The van der Waals surface area contributed by atoms with Crippen LogP contribution in [0.15, 0.2) is 73.1 Å². The van der Waals surface area contributed by atoms with Gasteiger partial charge in [-0.15, -0.1) is 0 Å². The zero-order valence-electron chi connectivity index (χ0n) is 12.5. The van der Waals surface area contributed by atoms with Crippen molar-refractivity contribution in [1.82, 2.24) is 9.78 Å². The number of rotatable bonds is 5. The number of nitrogens with zero attached hydrogens (tertiary/aromatic N) is 2. The van der Waals surface area contributed by atoms with Crippen LogP contribution in [0.3, 0.4) is 0 Å². The Morgan fingerprint density at radius 1 is 1.09 bits per heavy atom. The highest BCUT2D eigenvalue weighted by atomic mass is 16.3. The van der Waals surface area contributed by atoms with E-state index in [2.05, 4.69) is 10.4 Å². The molecule has 1 aromatic heterocycles. The van der Waals surface area contributed by atoms with Crippen LogP contribution < -0.4 is 5.32 Å². The highest BCUT2D eigenvalue weighted by Crippen LogP contribution is 2.16. The van der Waals surface area contributed by atoms with Gasteiger partial charge in [0, 0.05) is 18.1 Å². The van der Waals surface area contributed by atoms with Gasteiger partial charge in [-0.05, 0) is 29.3 Å². The molecule has 1 unspecified atom stereocenters. The Balaban J connectivity index is 1.62. The number of carbonyl (C=O) groups is 1. The Bertz CT molecular complexity index is 753. The summed E-state index contributed by atoms with van der Waals surface area (Å²) in [5.74, 6) is -0.448. The van der Waals surface area contributed by atoms with E-state index >= 15 is 0 Å². The van der Waals surface area contributed by atoms with Gasteiger partial charge in [-0.25, -0.2) is 0 Å². The second-order valence-corrected chi connectivity index (χ2v) is 5.20. The molecule has 116 valence electrons. The molecule has 0 spiro atoms. The van der Waals surface area contributed by atoms with Crippen molar-refractivity contribution in [3.8, 4) is 0 Å². The van der Waals surface area contributed by atoms with Gasteiger partial charge in [0.05, 0.1) is 6.54 Å². The molecule has 0 fully saturated rings. The monoisotopic (exact) mass is 307 g/mol. The lowest BCUT2D eigenvalue weighted by atomic mass is 10.1. The summed E-state index contributed by atoms with van der Waals surface area (Å²) in [6.07, 6.45) is 2.45. The van der Waals surface area contributed by atoms with E-state index in [0.29, 0.717) is 17.8 Å². The summed E-state index contributed by atoms with van der Waals surface area (Å²) in [7, 11) is 0. The van der Waals surface area contributed by atoms with Crippen LogP contribution in [0.2, 0.25) is 0 Å². The number of carbonyl (C=O) groups excluding carboxylic acids is 1. The number of amides is 1. The standard InChI is InChI=1S/C18H17N3O2/c22-17(15-5-2-1-3-6-15)18(23)20-16-9-7-14(8-10-16)13-21-12-4-11-19-21/h1-12,17,22H,13H2,(H,20,23).